The van der Waals surface area contributed by atoms with Gasteiger partial charge < -0.3 is 0 Å². The maximum atomic E-state index is 10.9. The van der Waals surface area contributed by atoms with Gasteiger partial charge in [-0.25, -0.2) is 0 Å². The molecule has 0 heterocycles. The largest absolute Gasteiger partial charge is 0.286 e. The van der Waals surface area contributed by atoms with E-state index in [0.717, 1.165) is 120 Å². The molecule has 0 saturated carbocycles. The van der Waals surface area contributed by atoms with Gasteiger partial charge in [0.2, 0.25) is 0 Å². The van der Waals surface area contributed by atoms with E-state index in [1.54, 1.807) is 0 Å². The van der Waals surface area contributed by atoms with Crippen LogP contribution in [0.1, 0.15) is 109 Å². The molecular weight excluding hydrogens is 707 g/mol. The topological polar surface area (TPSA) is 217 Å². The second-order valence-corrected chi connectivity index (χ2v) is 23.5. The normalized spacial score (nSPS) is 13.3. The minimum Gasteiger partial charge on any atom is -0.286 e. The van der Waals surface area contributed by atoms with E-state index in [4.69, 9.17) is 18.2 Å². The molecule has 0 unspecified atom stereocenters. The Balaban J connectivity index is 4.81. The van der Waals surface area contributed by atoms with Crippen molar-refractivity contribution in [3.8, 4) is 0 Å². The zero-order valence-electron chi connectivity index (χ0n) is 26.7. The summed E-state index contributed by atoms with van der Waals surface area (Å²) in [6, 6.07) is 0. The summed E-state index contributed by atoms with van der Waals surface area (Å²) in [6.45, 7) is 0. The van der Waals surface area contributed by atoms with Crippen LogP contribution in [0.25, 0.3) is 0 Å². The molecule has 0 aliphatic rings. The van der Waals surface area contributed by atoms with Crippen molar-refractivity contribution in [3.63, 3.8) is 0 Å². The predicted octanol–water partition coefficient (Wildman–Crippen LogP) is 6.13. The molecule has 0 aromatic carbocycles. The summed E-state index contributed by atoms with van der Waals surface area (Å²) >= 11 is 0. The summed E-state index contributed by atoms with van der Waals surface area (Å²) in [5.41, 5.74) is 0. The average molecular weight is 765 g/mol. The molecule has 4 N–H and O–H groups in total. The molecule has 0 aromatic heterocycles. The van der Waals surface area contributed by atoms with Crippen molar-refractivity contribution in [2.45, 2.75) is 109 Å². The van der Waals surface area contributed by atoms with Crippen molar-refractivity contribution in [1.82, 2.24) is 0 Å². The lowest BCUT2D eigenvalue weighted by atomic mass is 10.2. The summed E-state index contributed by atoms with van der Waals surface area (Å²) in [7, 11) is -16.2. The van der Waals surface area contributed by atoms with Crippen LogP contribution in [0.2, 0.25) is 0 Å². The summed E-state index contributed by atoms with van der Waals surface area (Å²) in [5, 5.41) is 0. The van der Waals surface area contributed by atoms with Gasteiger partial charge in [0.25, 0.3) is 40.5 Å². The van der Waals surface area contributed by atoms with Crippen LogP contribution in [0.15, 0.2) is 0 Å². The monoisotopic (exact) mass is 764 g/mol. The summed E-state index contributed by atoms with van der Waals surface area (Å²) in [6.07, 6.45) is 20.1. The van der Waals surface area contributed by atoms with Gasteiger partial charge in [-0.1, -0.05) is 51.4 Å². The maximum absolute atomic E-state index is 10.9. The third kappa shape index (κ3) is 37.2. The zero-order chi connectivity index (χ0) is 34.2. The van der Waals surface area contributed by atoms with Crippen LogP contribution in [-0.2, 0) is 40.5 Å². The molecule has 0 rings (SSSR count). The highest BCUT2D eigenvalue weighted by Gasteiger charge is 2.13. The van der Waals surface area contributed by atoms with E-state index in [-0.39, 0.29) is 38.9 Å². The van der Waals surface area contributed by atoms with Gasteiger partial charge >= 0.3 is 0 Å². The van der Waals surface area contributed by atoms with Crippen LogP contribution in [0.4, 0.5) is 0 Å². The van der Waals surface area contributed by atoms with Gasteiger partial charge in [0.05, 0.1) is 23.0 Å². The Morgan fingerprint density at radius 3 is 0.644 bits per heavy atom. The van der Waals surface area contributed by atoms with Crippen LogP contribution in [0.5, 0.6) is 0 Å². The first-order chi connectivity index (χ1) is 20.9. The first-order valence-electron chi connectivity index (χ1n) is 16.1. The van der Waals surface area contributed by atoms with Gasteiger partial charge in [0.15, 0.2) is 0 Å². The van der Waals surface area contributed by atoms with Crippen LogP contribution in [0, 0.1) is 0 Å². The van der Waals surface area contributed by atoms with E-state index in [1.165, 1.54) is 0 Å². The summed E-state index contributed by atoms with van der Waals surface area (Å²) in [4.78, 5) is 0. The van der Waals surface area contributed by atoms with Crippen LogP contribution < -0.4 is 0 Å². The van der Waals surface area contributed by atoms with Gasteiger partial charge in [-0.15, -0.1) is 15.8 Å². The lowest BCUT2D eigenvalue weighted by Gasteiger charge is -2.21. The lowest BCUT2D eigenvalue weighted by molar-refractivity contribution is 0.477. The highest BCUT2D eigenvalue weighted by molar-refractivity contribution is 7.86. The third-order valence-electron chi connectivity index (χ3n) is 7.46. The fraction of sp³-hybridized carbons (Fsp3) is 1.00. The molecule has 0 aromatic rings. The molecule has 0 fully saturated rings. The molecule has 18 heteroatoms. The Labute approximate surface area is 276 Å². The minimum atomic E-state index is -3.93. The number of unbranched alkanes of at least 4 members (excludes halogenated alkanes) is 12. The highest BCUT2D eigenvalue weighted by Crippen LogP contribution is 2.43. The second-order valence-electron chi connectivity index (χ2n) is 11.8. The maximum Gasteiger partial charge on any atom is 0.264 e. The predicted molar refractivity (Wildman–Crippen MR) is 187 cm³/mol. The lowest BCUT2D eigenvalue weighted by Crippen LogP contribution is -2.05. The number of hydrogen-bond donors (Lipinski definition) is 4. The SMILES string of the molecule is O=S(=O)(O)CCCCCCP(CCCCCCS(=O)(=O)O)CCCP(CCCCCCS(=O)(=O)O)CCCCCCS(=O)(=O)O. The Morgan fingerprint density at radius 1 is 0.267 bits per heavy atom. The van der Waals surface area contributed by atoms with Crippen LogP contribution in [-0.4, -0.2) is 112 Å². The molecule has 0 radical (unpaired) electrons. The molecule has 0 atom stereocenters. The first kappa shape index (κ1) is 45.5. The van der Waals surface area contributed by atoms with E-state index in [9.17, 15) is 33.7 Å². The first-order valence-corrected chi connectivity index (χ1v) is 26.3. The molecular formula is C27H58O12P2S4. The smallest absolute Gasteiger partial charge is 0.264 e. The molecule has 0 spiro atoms. The molecule has 272 valence electrons. The highest BCUT2D eigenvalue weighted by atomic mass is 32.2. The second kappa shape index (κ2) is 25.5. The van der Waals surface area contributed by atoms with E-state index < -0.39 is 40.5 Å². The third-order valence-corrected chi connectivity index (χ3v) is 16.4. The van der Waals surface area contributed by atoms with Gasteiger partial charge in [0, 0.05) is 0 Å². The van der Waals surface area contributed by atoms with Crippen molar-refractivity contribution in [3.05, 3.63) is 0 Å². The summed E-state index contributed by atoms with van der Waals surface area (Å²) < 4.78 is 123. The van der Waals surface area contributed by atoms with Crippen molar-refractivity contribution >= 4 is 56.3 Å². The molecule has 0 aliphatic heterocycles. The van der Waals surface area contributed by atoms with Crippen molar-refractivity contribution in [2.24, 2.45) is 0 Å². The molecule has 0 amide bonds. The van der Waals surface area contributed by atoms with E-state index in [0.29, 0.717) is 25.7 Å². The molecule has 45 heavy (non-hydrogen) atoms. The minimum absolute atomic E-state index is 0.212. The molecule has 12 nitrogen and oxygen atoms in total. The van der Waals surface area contributed by atoms with Gasteiger partial charge in [-0.2, -0.15) is 33.7 Å². The Morgan fingerprint density at radius 2 is 0.444 bits per heavy atom. The summed E-state index contributed by atoms with van der Waals surface area (Å²) in [5.74, 6) is -0.849. The average Bonchev–Trinajstić information content (AvgIpc) is 2.88. The van der Waals surface area contributed by atoms with Crippen molar-refractivity contribution in [1.29, 1.82) is 0 Å². The number of hydrogen-bond acceptors (Lipinski definition) is 8. The molecule has 0 bridgehead atoms. The Hall–Kier alpha value is 0.500. The van der Waals surface area contributed by atoms with E-state index >= 15 is 0 Å². The van der Waals surface area contributed by atoms with Gasteiger partial charge in [0.1, 0.15) is 0 Å². The van der Waals surface area contributed by atoms with Crippen LogP contribution in [0.3, 0.4) is 0 Å². The fourth-order valence-corrected chi connectivity index (χ4v) is 12.8. The quantitative estimate of drug-likeness (QED) is 0.0345. The van der Waals surface area contributed by atoms with E-state index in [1.807, 2.05) is 0 Å². The fourth-order valence-electron chi connectivity index (χ4n) is 5.08. The van der Waals surface area contributed by atoms with Crippen molar-refractivity contribution < 1.29 is 51.9 Å². The Bertz CT molecular complexity index is 998. The van der Waals surface area contributed by atoms with Gasteiger partial charge in [-0.05, 0) is 94.8 Å². The number of rotatable bonds is 32. The van der Waals surface area contributed by atoms with Gasteiger partial charge in [-0.3, -0.25) is 18.2 Å². The van der Waals surface area contributed by atoms with Crippen LogP contribution >= 0.6 is 15.8 Å². The zero-order valence-corrected chi connectivity index (χ0v) is 31.7. The Kier molecular flexibility index (Phi) is 25.8. The standard InChI is InChI=1S/C27H58O12P2S4/c28-42(29,30)24-13-5-1-9-18-40(19-10-2-6-14-25-43(31,32)33)22-17-23-41(20-11-3-7-15-26-44(34,35)36)21-12-4-8-16-27-45(37,38)39/h1-27H2,(H,28,29,30)(H,31,32,33)(H,34,35,36)(H,37,38,39). The van der Waals surface area contributed by atoms with Crippen molar-refractivity contribution in [2.75, 3.05) is 60.0 Å². The molecule has 0 saturated heterocycles. The van der Waals surface area contributed by atoms with E-state index in [2.05, 4.69) is 0 Å². The molecule has 0 aliphatic carbocycles.